The molecule has 2 nitrogen and oxygen atoms in total. The summed E-state index contributed by atoms with van der Waals surface area (Å²) in [4.78, 5) is 2.50. The van der Waals surface area contributed by atoms with Gasteiger partial charge in [0.1, 0.15) is 5.76 Å². The molecule has 2 unspecified atom stereocenters. The summed E-state index contributed by atoms with van der Waals surface area (Å²) >= 11 is 0. The van der Waals surface area contributed by atoms with Gasteiger partial charge < -0.3 is 9.64 Å². The lowest BCUT2D eigenvalue weighted by molar-refractivity contribution is 0.276. The molecule has 0 radical (unpaired) electrons. The van der Waals surface area contributed by atoms with Crippen molar-refractivity contribution in [3.8, 4) is 0 Å². The van der Waals surface area contributed by atoms with Crippen molar-refractivity contribution in [2.45, 2.75) is 32.1 Å². The van der Waals surface area contributed by atoms with E-state index in [1.807, 2.05) is 0 Å². The van der Waals surface area contributed by atoms with E-state index in [0.717, 1.165) is 12.2 Å². The van der Waals surface area contributed by atoms with Gasteiger partial charge in [0.15, 0.2) is 0 Å². The molecule has 23 heavy (non-hydrogen) atoms. The molecular formula is C21H25NO. The number of hydrogen-bond donors (Lipinski definition) is 0. The number of allylic oxidation sites excluding steroid dienone is 5. The molecule has 0 amide bonds. The summed E-state index contributed by atoms with van der Waals surface area (Å²) in [5, 5.41) is 0. The maximum Gasteiger partial charge on any atom is 0.115 e. The fourth-order valence-corrected chi connectivity index (χ4v) is 4.70. The van der Waals surface area contributed by atoms with E-state index in [2.05, 4.69) is 55.3 Å². The van der Waals surface area contributed by atoms with E-state index in [4.69, 9.17) is 4.74 Å². The molecule has 1 aliphatic heterocycles. The van der Waals surface area contributed by atoms with Crippen molar-refractivity contribution in [2.24, 2.45) is 5.92 Å². The molecule has 1 fully saturated rings. The number of rotatable bonds is 2. The van der Waals surface area contributed by atoms with Crippen molar-refractivity contribution in [3.63, 3.8) is 0 Å². The molecule has 2 atom stereocenters. The van der Waals surface area contributed by atoms with Crippen LogP contribution in [0, 0.1) is 12.8 Å². The SMILES string of the molecule is COC1=CCC2=C3C(CCCN3C)C(c3ccccc3C)C2=C1. The Hall–Kier alpha value is -1.96. The predicted octanol–water partition coefficient (Wildman–Crippen LogP) is 4.55. The summed E-state index contributed by atoms with van der Waals surface area (Å²) < 4.78 is 5.54. The number of nitrogens with zero attached hydrogens (tertiary/aromatic N) is 1. The Kier molecular flexibility index (Phi) is 3.56. The number of hydrogen-bond acceptors (Lipinski definition) is 2. The van der Waals surface area contributed by atoms with Crippen LogP contribution in [-0.4, -0.2) is 25.6 Å². The monoisotopic (exact) mass is 307 g/mol. The zero-order valence-electron chi connectivity index (χ0n) is 14.3. The first-order chi connectivity index (χ1) is 11.2. The van der Waals surface area contributed by atoms with E-state index in [9.17, 15) is 0 Å². The van der Waals surface area contributed by atoms with Crippen molar-refractivity contribution in [1.82, 2.24) is 4.90 Å². The van der Waals surface area contributed by atoms with Gasteiger partial charge in [0.2, 0.25) is 0 Å². The molecule has 3 aliphatic rings. The number of ether oxygens (including phenoxy) is 1. The highest BCUT2D eigenvalue weighted by atomic mass is 16.5. The number of fused-ring (bicyclic) bond motifs is 2. The topological polar surface area (TPSA) is 12.5 Å². The van der Waals surface area contributed by atoms with Crippen LogP contribution in [0.5, 0.6) is 0 Å². The first-order valence-electron chi connectivity index (χ1n) is 8.66. The van der Waals surface area contributed by atoms with Gasteiger partial charge in [0.25, 0.3) is 0 Å². The van der Waals surface area contributed by atoms with E-state index in [-0.39, 0.29) is 0 Å². The molecule has 2 heteroatoms. The molecule has 0 N–H and O–H groups in total. The molecule has 2 aliphatic carbocycles. The normalized spacial score (nSPS) is 26.5. The number of piperidine rings is 1. The molecular weight excluding hydrogens is 282 g/mol. The highest BCUT2D eigenvalue weighted by Crippen LogP contribution is 2.54. The second-order valence-corrected chi connectivity index (χ2v) is 6.98. The van der Waals surface area contributed by atoms with Crippen molar-refractivity contribution in [1.29, 1.82) is 0 Å². The molecule has 1 saturated heterocycles. The van der Waals surface area contributed by atoms with Gasteiger partial charge >= 0.3 is 0 Å². The van der Waals surface area contributed by atoms with E-state index >= 15 is 0 Å². The largest absolute Gasteiger partial charge is 0.497 e. The van der Waals surface area contributed by atoms with Crippen LogP contribution in [0.4, 0.5) is 0 Å². The molecule has 120 valence electrons. The van der Waals surface area contributed by atoms with E-state index in [1.165, 1.54) is 36.1 Å². The van der Waals surface area contributed by atoms with E-state index < -0.39 is 0 Å². The Bertz CT molecular complexity index is 725. The van der Waals surface area contributed by atoms with Crippen LogP contribution in [0.2, 0.25) is 0 Å². The number of aryl methyl sites for hydroxylation is 1. The Morgan fingerprint density at radius 2 is 2.04 bits per heavy atom. The summed E-state index contributed by atoms with van der Waals surface area (Å²) in [5.74, 6) is 2.13. The molecule has 0 aromatic heterocycles. The highest BCUT2D eigenvalue weighted by Gasteiger charge is 2.43. The summed E-state index contributed by atoms with van der Waals surface area (Å²) in [6, 6.07) is 8.89. The zero-order chi connectivity index (χ0) is 16.0. The third kappa shape index (κ3) is 2.23. The smallest absolute Gasteiger partial charge is 0.115 e. The van der Waals surface area contributed by atoms with Crippen molar-refractivity contribution < 1.29 is 4.74 Å². The van der Waals surface area contributed by atoms with Crippen molar-refractivity contribution in [2.75, 3.05) is 20.7 Å². The van der Waals surface area contributed by atoms with Crippen LogP contribution in [0.1, 0.15) is 36.3 Å². The lowest BCUT2D eigenvalue weighted by Crippen LogP contribution is -2.30. The molecule has 1 aromatic rings. The third-order valence-corrected chi connectivity index (χ3v) is 5.73. The van der Waals surface area contributed by atoms with Gasteiger partial charge in [-0.05, 0) is 60.6 Å². The lowest BCUT2D eigenvalue weighted by atomic mass is 9.78. The average Bonchev–Trinajstić information content (AvgIpc) is 2.90. The van der Waals surface area contributed by atoms with Gasteiger partial charge in [-0.25, -0.2) is 0 Å². The van der Waals surface area contributed by atoms with Gasteiger partial charge in [0.05, 0.1) is 7.11 Å². The van der Waals surface area contributed by atoms with Gasteiger partial charge in [-0.3, -0.25) is 0 Å². The molecule has 0 bridgehead atoms. The molecule has 0 saturated carbocycles. The first kappa shape index (κ1) is 14.6. The van der Waals surface area contributed by atoms with Crippen molar-refractivity contribution in [3.05, 3.63) is 70.1 Å². The molecule has 1 aromatic carbocycles. The summed E-state index contributed by atoms with van der Waals surface area (Å²) in [6.45, 7) is 3.43. The molecule has 1 heterocycles. The number of methoxy groups -OCH3 is 1. The summed E-state index contributed by atoms with van der Waals surface area (Å²) in [5.41, 5.74) is 7.52. The Balaban J connectivity index is 1.87. The summed E-state index contributed by atoms with van der Waals surface area (Å²) in [7, 11) is 4.04. The van der Waals surface area contributed by atoms with E-state index in [0.29, 0.717) is 11.8 Å². The standard InChI is InChI=1S/C21H25NO/c1-14-7-4-5-8-16(14)20-18-9-6-12-22(2)21(18)17-11-10-15(23-3)13-19(17)20/h4-5,7-8,10,13,18,20H,6,9,11-12H2,1-3H3. The van der Waals surface area contributed by atoms with Crippen LogP contribution in [0.15, 0.2) is 59.0 Å². The second-order valence-electron chi connectivity index (χ2n) is 6.98. The lowest BCUT2D eigenvalue weighted by Gasteiger charge is -2.35. The minimum Gasteiger partial charge on any atom is -0.497 e. The minimum atomic E-state index is 0.489. The number of benzene rings is 1. The van der Waals surface area contributed by atoms with Crippen LogP contribution in [-0.2, 0) is 4.74 Å². The maximum atomic E-state index is 5.54. The molecule has 0 spiro atoms. The predicted molar refractivity (Wildman–Crippen MR) is 94.1 cm³/mol. The maximum absolute atomic E-state index is 5.54. The number of likely N-dealkylation sites (tertiary alicyclic amines) is 1. The van der Waals surface area contributed by atoms with Gasteiger partial charge in [-0.2, -0.15) is 0 Å². The van der Waals surface area contributed by atoms with Crippen LogP contribution in [0.3, 0.4) is 0 Å². The fourth-order valence-electron chi connectivity index (χ4n) is 4.70. The van der Waals surface area contributed by atoms with Crippen LogP contribution in [0.25, 0.3) is 0 Å². The van der Waals surface area contributed by atoms with Gasteiger partial charge in [-0.15, -0.1) is 0 Å². The van der Waals surface area contributed by atoms with Gasteiger partial charge in [0, 0.05) is 31.1 Å². The highest BCUT2D eigenvalue weighted by molar-refractivity contribution is 5.57. The Morgan fingerprint density at radius 1 is 1.22 bits per heavy atom. The van der Waals surface area contributed by atoms with Crippen molar-refractivity contribution >= 4 is 0 Å². The quantitative estimate of drug-likeness (QED) is 0.795. The van der Waals surface area contributed by atoms with Crippen LogP contribution >= 0.6 is 0 Å². The molecule has 4 rings (SSSR count). The Labute approximate surface area is 139 Å². The second kappa shape index (κ2) is 5.59. The summed E-state index contributed by atoms with van der Waals surface area (Å²) in [6.07, 6.45) is 8.11. The van der Waals surface area contributed by atoms with Crippen LogP contribution < -0.4 is 0 Å². The fraction of sp³-hybridized carbons (Fsp3) is 0.429. The van der Waals surface area contributed by atoms with Gasteiger partial charge in [-0.1, -0.05) is 24.3 Å². The third-order valence-electron chi connectivity index (χ3n) is 5.73. The zero-order valence-corrected chi connectivity index (χ0v) is 14.3. The Morgan fingerprint density at radius 3 is 2.83 bits per heavy atom. The van der Waals surface area contributed by atoms with E-state index in [1.54, 1.807) is 18.4 Å². The first-order valence-corrected chi connectivity index (χ1v) is 8.66. The average molecular weight is 307 g/mol. The minimum absolute atomic E-state index is 0.489.